The number of carbonyl (C=O) groups is 1. The van der Waals surface area contributed by atoms with E-state index in [1.54, 1.807) is 21.0 Å². The van der Waals surface area contributed by atoms with Gasteiger partial charge in [0.2, 0.25) is 0 Å². The maximum atomic E-state index is 10.2. The van der Waals surface area contributed by atoms with Crippen LogP contribution in [0.25, 0.3) is 0 Å². The van der Waals surface area contributed by atoms with Gasteiger partial charge in [0.15, 0.2) is 0 Å². The van der Waals surface area contributed by atoms with E-state index in [4.69, 9.17) is 0 Å². The van der Waals surface area contributed by atoms with Crippen molar-refractivity contribution in [2.24, 2.45) is 0 Å². The van der Waals surface area contributed by atoms with Crippen molar-refractivity contribution in [2.45, 2.75) is 13.0 Å². The van der Waals surface area contributed by atoms with Gasteiger partial charge in [0, 0.05) is 46.8 Å². The van der Waals surface area contributed by atoms with E-state index in [1.807, 2.05) is 0 Å². The molecule has 1 unspecified atom stereocenters. The Morgan fingerprint density at radius 1 is 1.55 bits per heavy atom. The Hall–Kier alpha value is 0.534. The van der Waals surface area contributed by atoms with E-state index < -0.39 is 12.0 Å². The summed E-state index contributed by atoms with van der Waals surface area (Å²) < 4.78 is 0.155. The minimum absolute atomic E-state index is 0. The van der Waals surface area contributed by atoms with Crippen molar-refractivity contribution in [1.82, 2.24) is 0 Å². The fourth-order valence-electron chi connectivity index (χ4n) is 0.285. The summed E-state index contributed by atoms with van der Waals surface area (Å²) >= 11 is 0. The number of rotatable bonds is 2. The molecule has 65 valence electrons. The third-order valence-corrected chi connectivity index (χ3v) is 1.39. The first-order valence-electron chi connectivity index (χ1n) is 2.74. The molecule has 0 heterocycles. The second kappa shape index (κ2) is 6.09. The summed E-state index contributed by atoms with van der Waals surface area (Å²) in [5.74, 6) is -1.06. The van der Waals surface area contributed by atoms with Crippen molar-refractivity contribution >= 4 is 5.97 Å². The smallest absolute Gasteiger partial charge is 0.102 e. The normalized spacial score (nSPS) is 12.4. The quantitative estimate of drug-likeness (QED) is 0.474. The van der Waals surface area contributed by atoms with Gasteiger partial charge in [-0.15, -0.1) is 7.05 Å². The molecule has 4 heteroatoms. The number of quaternary nitrogens is 1. The molecule has 0 bridgehead atoms. The largest absolute Gasteiger partial charge is 0.544 e. The molecular weight excluding hydrogens is 219 g/mol. The van der Waals surface area contributed by atoms with Crippen LogP contribution in [-0.4, -0.2) is 30.6 Å². The standard InChI is InChI=1S/C6H13NO2.CH3.Y/c1-5(6(8)9)7(2,3)4;;/h5H,2H2,1,3-4H3,(H,8,9);1H3;/q;-1;/p-1. The molecule has 1 atom stereocenters. The molecule has 0 rings (SSSR count). The van der Waals surface area contributed by atoms with Gasteiger partial charge in [0.25, 0.3) is 0 Å². The number of aliphatic carboxylic acids is 1. The van der Waals surface area contributed by atoms with Crippen molar-refractivity contribution in [2.75, 3.05) is 14.1 Å². The Morgan fingerprint density at radius 2 is 1.82 bits per heavy atom. The van der Waals surface area contributed by atoms with Crippen LogP contribution >= 0.6 is 0 Å². The molecule has 11 heavy (non-hydrogen) atoms. The summed E-state index contributed by atoms with van der Waals surface area (Å²) in [6, 6.07) is -0.551. The van der Waals surface area contributed by atoms with Crippen molar-refractivity contribution in [3.8, 4) is 0 Å². The molecule has 0 amide bonds. The number of likely N-dealkylation sites (N-methyl/N-ethyl adjacent to an activating group) is 1. The van der Waals surface area contributed by atoms with E-state index in [0.717, 1.165) is 0 Å². The molecule has 0 spiro atoms. The van der Waals surface area contributed by atoms with E-state index in [0.29, 0.717) is 0 Å². The predicted octanol–water partition coefficient (Wildman–Crippen LogP) is -0.559. The van der Waals surface area contributed by atoms with Crippen LogP contribution in [0.3, 0.4) is 0 Å². The van der Waals surface area contributed by atoms with Crippen LogP contribution in [0.5, 0.6) is 0 Å². The molecule has 0 aliphatic rings. The molecule has 0 saturated heterocycles. The van der Waals surface area contributed by atoms with E-state index in [1.165, 1.54) is 0 Å². The van der Waals surface area contributed by atoms with Crippen molar-refractivity contribution in [1.29, 1.82) is 0 Å². The van der Waals surface area contributed by atoms with Crippen LogP contribution < -0.4 is 5.11 Å². The van der Waals surface area contributed by atoms with Gasteiger partial charge >= 0.3 is 0 Å². The molecule has 3 nitrogen and oxygen atoms in total. The van der Waals surface area contributed by atoms with Gasteiger partial charge in [-0.2, -0.15) is 0 Å². The number of hydrogen-bond acceptors (Lipinski definition) is 2. The molecule has 0 saturated carbocycles. The van der Waals surface area contributed by atoms with Crippen molar-refractivity contribution < 1.29 is 47.1 Å². The third-order valence-electron chi connectivity index (χ3n) is 1.39. The summed E-state index contributed by atoms with van der Waals surface area (Å²) in [4.78, 5) is 10.2. The summed E-state index contributed by atoms with van der Waals surface area (Å²) in [5.41, 5.74) is 0. The van der Waals surface area contributed by atoms with E-state index in [-0.39, 0.29) is 44.6 Å². The van der Waals surface area contributed by atoms with Crippen molar-refractivity contribution in [3.63, 3.8) is 0 Å². The predicted molar refractivity (Wildman–Crippen MR) is 38.3 cm³/mol. The maximum absolute atomic E-state index is 10.2. The number of nitrogens with zero attached hydrogens (tertiary/aromatic N) is 1. The minimum Gasteiger partial charge on any atom is -0.544 e. The Morgan fingerprint density at radius 3 is 1.82 bits per heavy atom. The maximum Gasteiger partial charge on any atom is 0.102 e. The van der Waals surface area contributed by atoms with Crippen molar-refractivity contribution in [3.05, 3.63) is 14.5 Å². The van der Waals surface area contributed by atoms with Crippen LogP contribution in [0.4, 0.5) is 0 Å². The molecule has 0 aromatic rings. The number of hydrogen-bond donors (Lipinski definition) is 0. The molecule has 0 aromatic heterocycles. The minimum atomic E-state index is -1.06. The second-order valence-corrected chi connectivity index (χ2v) is 2.77. The topological polar surface area (TPSA) is 40.1 Å². The molecule has 0 aliphatic heterocycles. The summed E-state index contributed by atoms with van der Waals surface area (Å²) in [6.45, 7) is 1.57. The zero-order chi connectivity index (χ0) is 7.65. The first kappa shape index (κ1) is 17.6. The fourth-order valence-corrected chi connectivity index (χ4v) is 0.285. The van der Waals surface area contributed by atoms with Crippen LogP contribution in [0.1, 0.15) is 6.92 Å². The van der Waals surface area contributed by atoms with Gasteiger partial charge in [0.1, 0.15) is 6.04 Å². The average molecular weight is 234 g/mol. The van der Waals surface area contributed by atoms with Gasteiger partial charge in [-0.3, -0.25) is 0 Å². The molecular formula is C7H15NO2Y-2. The number of carboxylic acids is 1. The van der Waals surface area contributed by atoms with Crippen LogP contribution in [0.15, 0.2) is 0 Å². The SMILES string of the molecule is [CH2-][N+](C)(C)C(C)C(=O)[O-].[CH3-].[Y]. The summed E-state index contributed by atoms with van der Waals surface area (Å²) in [6.07, 6.45) is 0. The van der Waals surface area contributed by atoms with Gasteiger partial charge in [-0.1, -0.05) is 0 Å². The molecule has 0 aliphatic carbocycles. The van der Waals surface area contributed by atoms with Gasteiger partial charge in [-0.25, -0.2) is 0 Å². The van der Waals surface area contributed by atoms with Crippen LogP contribution in [-0.2, 0) is 37.5 Å². The van der Waals surface area contributed by atoms with E-state index >= 15 is 0 Å². The zero-order valence-electron chi connectivity index (χ0n) is 7.63. The first-order valence-corrected chi connectivity index (χ1v) is 2.74. The number of carboxylic acid groups (broad SMARTS) is 1. The van der Waals surface area contributed by atoms with Crippen LogP contribution in [0.2, 0.25) is 0 Å². The Labute approximate surface area is 94.2 Å². The van der Waals surface area contributed by atoms with Gasteiger partial charge in [-0.05, 0) is 6.92 Å². The van der Waals surface area contributed by atoms with Gasteiger partial charge < -0.3 is 21.8 Å². The molecule has 0 aromatic carbocycles. The molecule has 0 fully saturated rings. The Balaban J connectivity index is -0.000000320. The van der Waals surface area contributed by atoms with E-state index in [9.17, 15) is 9.90 Å². The molecule has 0 N–H and O–H groups in total. The summed E-state index contributed by atoms with van der Waals surface area (Å²) in [7, 11) is 7.03. The average Bonchev–Trinajstić information content (AvgIpc) is 1.62. The van der Waals surface area contributed by atoms with Crippen LogP contribution in [0, 0.1) is 14.5 Å². The second-order valence-electron chi connectivity index (χ2n) is 2.77. The van der Waals surface area contributed by atoms with E-state index in [2.05, 4.69) is 7.05 Å². The first-order chi connectivity index (χ1) is 3.85. The van der Waals surface area contributed by atoms with Gasteiger partial charge in [0.05, 0.1) is 5.97 Å². The summed E-state index contributed by atoms with van der Waals surface area (Å²) in [5, 5.41) is 10.2. The third kappa shape index (κ3) is 6.91. The fraction of sp³-hybridized carbons (Fsp3) is 0.571. The number of carbonyl (C=O) groups excluding carboxylic acids is 1. The Kier molecular flexibility index (Phi) is 9.74. The Bertz CT molecular complexity index is 120. The zero-order valence-corrected chi connectivity index (χ0v) is 10.5. The molecule has 1 radical (unpaired) electrons. The monoisotopic (exact) mass is 234 g/mol.